The van der Waals surface area contributed by atoms with Crippen molar-refractivity contribution in [3.63, 3.8) is 0 Å². The zero-order valence-electron chi connectivity index (χ0n) is 12.4. The minimum absolute atomic E-state index is 0.0466. The van der Waals surface area contributed by atoms with Crippen LogP contribution in [0.25, 0.3) is 0 Å². The Labute approximate surface area is 123 Å². The van der Waals surface area contributed by atoms with Gasteiger partial charge in [0, 0.05) is 25.7 Å². The number of amides is 2. The monoisotopic (exact) mass is 292 g/mol. The highest BCUT2D eigenvalue weighted by Crippen LogP contribution is 2.23. The number of aliphatic hydroxyl groups is 1. The van der Waals surface area contributed by atoms with Crippen LogP contribution in [0.15, 0.2) is 18.2 Å². The van der Waals surface area contributed by atoms with Crippen LogP contribution in [0, 0.1) is 13.8 Å². The molecule has 2 N–H and O–H groups in total. The van der Waals surface area contributed by atoms with Crippen LogP contribution in [0.4, 0.5) is 10.5 Å². The average Bonchev–Trinajstić information content (AvgIpc) is 2.78. The van der Waals surface area contributed by atoms with E-state index in [0.717, 1.165) is 11.1 Å². The number of aryl methyl sites for hydroxylation is 2. The number of anilines is 1. The molecule has 1 aromatic carbocycles. The van der Waals surface area contributed by atoms with Gasteiger partial charge in [-0.1, -0.05) is 6.07 Å². The molecule has 6 nitrogen and oxygen atoms in total. The number of aliphatic hydroxyl groups excluding tert-OH is 1. The largest absolute Gasteiger partial charge is 0.480 e. The van der Waals surface area contributed by atoms with Crippen molar-refractivity contribution >= 4 is 17.7 Å². The number of hydrogen-bond acceptors (Lipinski definition) is 3. The quantitative estimate of drug-likeness (QED) is 0.863. The lowest BCUT2D eigenvalue weighted by molar-refractivity contribution is -0.141. The van der Waals surface area contributed by atoms with Gasteiger partial charge < -0.3 is 15.1 Å². The molecule has 0 aromatic heterocycles. The van der Waals surface area contributed by atoms with Crippen LogP contribution < -0.4 is 4.90 Å². The number of nitrogens with zero attached hydrogens (tertiary/aromatic N) is 2. The first-order chi connectivity index (χ1) is 9.79. The van der Waals surface area contributed by atoms with E-state index in [0.29, 0.717) is 5.69 Å². The zero-order valence-corrected chi connectivity index (χ0v) is 12.4. The highest BCUT2D eigenvalue weighted by atomic mass is 16.4. The number of carbonyl (C=O) groups is 2. The van der Waals surface area contributed by atoms with Gasteiger partial charge in [-0.25, -0.2) is 9.59 Å². The molecule has 1 aliphatic rings. The Morgan fingerprint density at radius 2 is 1.81 bits per heavy atom. The minimum atomic E-state index is -1.09. The predicted molar refractivity (Wildman–Crippen MR) is 78.5 cm³/mol. The van der Waals surface area contributed by atoms with Gasteiger partial charge in [0.15, 0.2) is 0 Å². The topological polar surface area (TPSA) is 81.1 Å². The molecule has 2 rings (SSSR count). The molecule has 0 radical (unpaired) electrons. The summed E-state index contributed by atoms with van der Waals surface area (Å²) in [6.07, 6.45) is -0.718. The molecule has 6 heteroatoms. The molecule has 1 heterocycles. The standard InChI is InChI=1S/C15H20N2O4/c1-9-4-10(2)6-11(5-9)16(3)15(21)17-8-12(18)7-13(17)14(19)20/h4-6,12-13,18H,7-8H2,1-3H3,(H,19,20)/t12-,13+/m1/s1. The maximum absolute atomic E-state index is 12.5. The van der Waals surface area contributed by atoms with Gasteiger partial charge in [-0.05, 0) is 37.1 Å². The normalized spacial score (nSPS) is 21.4. The number of aliphatic carboxylic acids is 1. The van der Waals surface area contributed by atoms with E-state index < -0.39 is 24.1 Å². The van der Waals surface area contributed by atoms with Crippen molar-refractivity contribution in [1.29, 1.82) is 0 Å². The SMILES string of the molecule is Cc1cc(C)cc(N(C)C(=O)N2C[C@H](O)C[C@H]2C(=O)O)c1. The number of likely N-dealkylation sites (tertiary alicyclic amines) is 1. The highest BCUT2D eigenvalue weighted by Gasteiger charge is 2.40. The minimum Gasteiger partial charge on any atom is -0.480 e. The van der Waals surface area contributed by atoms with Crippen LogP contribution in [0.1, 0.15) is 17.5 Å². The Morgan fingerprint density at radius 1 is 1.24 bits per heavy atom. The van der Waals surface area contributed by atoms with Crippen LogP contribution in [-0.2, 0) is 4.79 Å². The van der Waals surface area contributed by atoms with Crippen molar-refractivity contribution in [2.45, 2.75) is 32.4 Å². The summed E-state index contributed by atoms with van der Waals surface area (Å²) in [5.41, 5.74) is 2.77. The Bertz CT molecular complexity index is 553. The number of benzene rings is 1. The molecule has 1 fully saturated rings. The van der Waals surface area contributed by atoms with Gasteiger partial charge in [0.1, 0.15) is 6.04 Å². The van der Waals surface area contributed by atoms with E-state index >= 15 is 0 Å². The molecule has 2 amide bonds. The van der Waals surface area contributed by atoms with Gasteiger partial charge in [-0.15, -0.1) is 0 Å². The molecule has 0 saturated carbocycles. The number of urea groups is 1. The smallest absolute Gasteiger partial charge is 0.326 e. The average molecular weight is 292 g/mol. The fraction of sp³-hybridized carbons (Fsp3) is 0.467. The number of carboxylic acid groups (broad SMARTS) is 1. The molecular formula is C15H20N2O4. The van der Waals surface area contributed by atoms with Crippen LogP contribution in [-0.4, -0.2) is 52.9 Å². The lowest BCUT2D eigenvalue weighted by Crippen LogP contribution is -2.47. The highest BCUT2D eigenvalue weighted by molar-refractivity contribution is 5.94. The van der Waals surface area contributed by atoms with Gasteiger partial charge in [0.2, 0.25) is 0 Å². The predicted octanol–water partition coefficient (Wildman–Crippen LogP) is 1.38. The van der Waals surface area contributed by atoms with Crippen LogP contribution in [0.3, 0.4) is 0 Å². The van der Waals surface area contributed by atoms with Crippen molar-refractivity contribution in [3.8, 4) is 0 Å². The summed E-state index contributed by atoms with van der Waals surface area (Å²) in [7, 11) is 1.61. The van der Waals surface area contributed by atoms with Crippen molar-refractivity contribution in [3.05, 3.63) is 29.3 Å². The van der Waals surface area contributed by atoms with Gasteiger partial charge in [-0.2, -0.15) is 0 Å². The summed E-state index contributed by atoms with van der Waals surface area (Å²) < 4.78 is 0. The molecule has 0 spiro atoms. The first kappa shape index (κ1) is 15.3. The summed E-state index contributed by atoms with van der Waals surface area (Å²) in [5, 5.41) is 18.8. The summed E-state index contributed by atoms with van der Waals surface area (Å²) >= 11 is 0. The Morgan fingerprint density at radius 3 is 2.33 bits per heavy atom. The van der Waals surface area contributed by atoms with Crippen LogP contribution in [0.5, 0.6) is 0 Å². The maximum Gasteiger partial charge on any atom is 0.326 e. The van der Waals surface area contributed by atoms with Crippen molar-refractivity contribution in [1.82, 2.24) is 4.90 Å². The fourth-order valence-corrected chi connectivity index (χ4v) is 2.71. The van der Waals surface area contributed by atoms with E-state index in [-0.39, 0.29) is 13.0 Å². The van der Waals surface area contributed by atoms with E-state index in [1.54, 1.807) is 7.05 Å². The second-order valence-corrected chi connectivity index (χ2v) is 5.58. The number of carboxylic acids is 1. The summed E-state index contributed by atoms with van der Waals surface area (Å²) in [5.74, 6) is -1.09. The number of carbonyl (C=O) groups excluding carboxylic acids is 1. The lowest BCUT2D eigenvalue weighted by atomic mass is 10.1. The summed E-state index contributed by atoms with van der Waals surface area (Å²) in [4.78, 5) is 26.3. The zero-order chi connectivity index (χ0) is 15.7. The molecule has 1 saturated heterocycles. The van der Waals surface area contributed by atoms with Crippen molar-refractivity contribution < 1.29 is 19.8 Å². The fourth-order valence-electron chi connectivity index (χ4n) is 2.71. The van der Waals surface area contributed by atoms with E-state index in [9.17, 15) is 14.7 Å². The van der Waals surface area contributed by atoms with Crippen molar-refractivity contribution in [2.75, 3.05) is 18.5 Å². The maximum atomic E-state index is 12.5. The second kappa shape index (κ2) is 5.73. The summed E-state index contributed by atoms with van der Waals surface area (Å²) in [6.45, 7) is 3.92. The molecule has 21 heavy (non-hydrogen) atoms. The molecule has 0 aliphatic carbocycles. The first-order valence-corrected chi connectivity index (χ1v) is 6.83. The Hall–Kier alpha value is -2.08. The number of β-amino-alcohol motifs (C(OH)–C–C–N with tert-alkyl or cyclic N) is 1. The molecule has 2 atom stereocenters. The third-order valence-electron chi connectivity index (χ3n) is 3.69. The van der Waals surface area contributed by atoms with E-state index in [4.69, 9.17) is 5.11 Å². The summed E-state index contributed by atoms with van der Waals surface area (Å²) in [6, 6.07) is 4.35. The molecule has 0 unspecified atom stereocenters. The molecule has 1 aliphatic heterocycles. The third-order valence-corrected chi connectivity index (χ3v) is 3.69. The van der Waals surface area contributed by atoms with E-state index in [1.807, 2.05) is 32.0 Å². The second-order valence-electron chi connectivity index (χ2n) is 5.58. The van der Waals surface area contributed by atoms with Gasteiger partial charge in [0.25, 0.3) is 0 Å². The first-order valence-electron chi connectivity index (χ1n) is 6.83. The molecule has 1 aromatic rings. The Kier molecular flexibility index (Phi) is 4.18. The van der Waals surface area contributed by atoms with Gasteiger partial charge >= 0.3 is 12.0 Å². The molecule has 0 bridgehead atoms. The lowest BCUT2D eigenvalue weighted by Gasteiger charge is -2.28. The third kappa shape index (κ3) is 3.16. The van der Waals surface area contributed by atoms with E-state index in [1.165, 1.54) is 9.80 Å². The van der Waals surface area contributed by atoms with Crippen LogP contribution in [0.2, 0.25) is 0 Å². The number of rotatable bonds is 2. The van der Waals surface area contributed by atoms with E-state index in [2.05, 4.69) is 0 Å². The van der Waals surface area contributed by atoms with Crippen LogP contribution >= 0.6 is 0 Å². The molecular weight excluding hydrogens is 272 g/mol. The molecule has 114 valence electrons. The Balaban J connectivity index is 2.24. The van der Waals surface area contributed by atoms with Gasteiger partial charge in [0.05, 0.1) is 6.10 Å². The number of hydrogen-bond donors (Lipinski definition) is 2. The van der Waals surface area contributed by atoms with Crippen molar-refractivity contribution in [2.24, 2.45) is 0 Å². The van der Waals surface area contributed by atoms with Gasteiger partial charge in [-0.3, -0.25) is 4.90 Å².